The number of allylic oxidation sites excluding steroid dienone is 1. The second kappa shape index (κ2) is 5.50. The summed E-state index contributed by atoms with van der Waals surface area (Å²) in [6.45, 7) is 3.31. The van der Waals surface area contributed by atoms with Gasteiger partial charge in [-0.3, -0.25) is 14.4 Å². The van der Waals surface area contributed by atoms with Crippen molar-refractivity contribution in [2.75, 3.05) is 0 Å². The van der Waals surface area contributed by atoms with E-state index in [4.69, 9.17) is 0 Å². The second-order valence-corrected chi connectivity index (χ2v) is 6.74. The highest BCUT2D eigenvalue weighted by atomic mass is 32.2. The van der Waals surface area contributed by atoms with Crippen LogP contribution in [-0.4, -0.2) is 53.5 Å². The van der Waals surface area contributed by atoms with E-state index in [1.54, 1.807) is 37.8 Å². The zero-order chi connectivity index (χ0) is 16.9. The maximum Gasteiger partial charge on any atom is 0.353 e. The number of carbonyl (C=O) groups is 2. The number of carbonyl (C=O) groups excluding carboxylic acids is 1. The first-order chi connectivity index (χ1) is 10.8. The molecule has 1 aromatic heterocycles. The van der Waals surface area contributed by atoms with Crippen LogP contribution in [0.25, 0.3) is 6.08 Å². The van der Waals surface area contributed by atoms with Crippen molar-refractivity contribution in [2.45, 2.75) is 25.3 Å². The van der Waals surface area contributed by atoms with Gasteiger partial charge in [0.2, 0.25) is 5.91 Å². The number of rotatable bonds is 4. The Bertz CT molecular complexity index is 752. The van der Waals surface area contributed by atoms with Crippen molar-refractivity contribution in [3.05, 3.63) is 28.1 Å². The van der Waals surface area contributed by atoms with E-state index < -0.39 is 18.0 Å². The number of nitrogens with zero attached hydrogens (tertiary/aromatic N) is 4. The van der Waals surface area contributed by atoms with Crippen LogP contribution in [0.15, 0.2) is 22.4 Å². The van der Waals surface area contributed by atoms with Gasteiger partial charge in [0.05, 0.1) is 18.2 Å². The number of aliphatic carboxylic acids is 1. The van der Waals surface area contributed by atoms with Gasteiger partial charge in [0, 0.05) is 12.0 Å². The topological polar surface area (TPSA) is 109 Å². The number of carboxylic acid groups (broad SMARTS) is 1. The zero-order valence-electron chi connectivity index (χ0n) is 12.8. The number of aryl methyl sites for hydroxylation is 1. The van der Waals surface area contributed by atoms with Gasteiger partial charge in [0.1, 0.15) is 16.8 Å². The third-order valence-corrected chi connectivity index (χ3v) is 5.34. The summed E-state index contributed by atoms with van der Waals surface area (Å²) >= 11 is 1.29. The van der Waals surface area contributed by atoms with E-state index in [-0.39, 0.29) is 17.0 Å². The molecule has 9 heteroatoms. The monoisotopic (exact) mass is 336 g/mol. The SMILES string of the molecule is CC(=Cc1cn(C)nn1)C1=C(C(=O)O)N2C(=O)[C@H]([C@@H](C)O)[C@H]2S1. The van der Waals surface area contributed by atoms with Crippen LogP contribution < -0.4 is 0 Å². The van der Waals surface area contributed by atoms with Gasteiger partial charge in [-0.05, 0) is 25.5 Å². The first-order valence-electron chi connectivity index (χ1n) is 7.01. The maximum atomic E-state index is 12.1. The van der Waals surface area contributed by atoms with E-state index >= 15 is 0 Å². The molecule has 0 unspecified atom stereocenters. The average Bonchev–Trinajstić information content (AvgIpc) is 2.99. The van der Waals surface area contributed by atoms with Crippen LogP contribution in [0.3, 0.4) is 0 Å². The Morgan fingerprint density at radius 1 is 1.52 bits per heavy atom. The normalized spacial score (nSPS) is 25.5. The number of carboxylic acids is 1. The lowest BCUT2D eigenvalue weighted by atomic mass is 9.92. The number of hydrogen-bond donors (Lipinski definition) is 2. The van der Waals surface area contributed by atoms with E-state index in [0.29, 0.717) is 16.2 Å². The minimum atomic E-state index is -1.15. The molecule has 1 aromatic rings. The maximum absolute atomic E-state index is 12.1. The largest absolute Gasteiger partial charge is 0.477 e. The van der Waals surface area contributed by atoms with Crippen LogP contribution in [-0.2, 0) is 16.6 Å². The van der Waals surface area contributed by atoms with Crippen LogP contribution in [0.2, 0.25) is 0 Å². The third-order valence-electron chi connectivity index (χ3n) is 3.84. The molecule has 1 fully saturated rings. The molecule has 0 aliphatic carbocycles. The highest BCUT2D eigenvalue weighted by molar-refractivity contribution is 8.04. The van der Waals surface area contributed by atoms with Crippen molar-refractivity contribution < 1.29 is 19.8 Å². The number of aromatic nitrogens is 3. The minimum absolute atomic E-state index is 0.0282. The quantitative estimate of drug-likeness (QED) is 0.767. The molecule has 3 heterocycles. The van der Waals surface area contributed by atoms with Gasteiger partial charge in [0.25, 0.3) is 0 Å². The fraction of sp³-hybridized carbons (Fsp3) is 0.429. The predicted octanol–water partition coefficient (Wildman–Crippen LogP) is 0.427. The number of hydrogen-bond acceptors (Lipinski definition) is 6. The van der Waals surface area contributed by atoms with Crippen LogP contribution in [0.1, 0.15) is 19.5 Å². The molecule has 23 heavy (non-hydrogen) atoms. The first kappa shape index (κ1) is 15.8. The van der Waals surface area contributed by atoms with Gasteiger partial charge in [-0.15, -0.1) is 5.10 Å². The molecular formula is C14H16N4O4S. The number of thioether (sulfide) groups is 1. The summed E-state index contributed by atoms with van der Waals surface area (Å²) in [5.41, 5.74) is 1.27. The van der Waals surface area contributed by atoms with Crippen molar-refractivity contribution in [2.24, 2.45) is 13.0 Å². The van der Waals surface area contributed by atoms with Crippen molar-refractivity contribution in [3.8, 4) is 0 Å². The summed E-state index contributed by atoms with van der Waals surface area (Å²) in [4.78, 5) is 25.5. The molecule has 0 radical (unpaired) electrons. The smallest absolute Gasteiger partial charge is 0.353 e. The lowest BCUT2D eigenvalue weighted by molar-refractivity contribution is -0.156. The lowest BCUT2D eigenvalue weighted by Gasteiger charge is -2.43. The van der Waals surface area contributed by atoms with Gasteiger partial charge in [-0.1, -0.05) is 17.0 Å². The zero-order valence-corrected chi connectivity index (χ0v) is 13.6. The highest BCUT2D eigenvalue weighted by Crippen LogP contribution is 2.52. The van der Waals surface area contributed by atoms with E-state index in [0.717, 1.165) is 0 Å². The van der Waals surface area contributed by atoms with Crippen molar-refractivity contribution >= 4 is 29.7 Å². The summed E-state index contributed by atoms with van der Waals surface area (Å²) in [7, 11) is 1.74. The van der Waals surface area contributed by atoms with E-state index in [1.165, 1.54) is 16.7 Å². The van der Waals surface area contributed by atoms with Crippen LogP contribution >= 0.6 is 11.8 Å². The molecule has 122 valence electrons. The molecule has 2 N–H and O–H groups in total. The van der Waals surface area contributed by atoms with Gasteiger partial charge < -0.3 is 10.2 Å². The molecule has 1 saturated heterocycles. The molecule has 3 atom stereocenters. The molecule has 0 aromatic carbocycles. The second-order valence-electron chi connectivity index (χ2n) is 5.61. The van der Waals surface area contributed by atoms with Crippen LogP contribution in [0.5, 0.6) is 0 Å². The van der Waals surface area contributed by atoms with Gasteiger partial charge >= 0.3 is 5.97 Å². The Kier molecular flexibility index (Phi) is 3.77. The van der Waals surface area contributed by atoms with E-state index in [2.05, 4.69) is 10.3 Å². The molecule has 0 saturated carbocycles. The molecule has 0 bridgehead atoms. The molecule has 8 nitrogen and oxygen atoms in total. The third kappa shape index (κ3) is 2.45. The van der Waals surface area contributed by atoms with E-state index in [9.17, 15) is 19.8 Å². The Hall–Kier alpha value is -2.13. The van der Waals surface area contributed by atoms with Gasteiger partial charge in [-0.25, -0.2) is 4.79 Å². The average molecular weight is 336 g/mol. The van der Waals surface area contributed by atoms with Crippen LogP contribution in [0, 0.1) is 5.92 Å². The van der Waals surface area contributed by atoms with Gasteiger partial charge in [0.15, 0.2) is 0 Å². The molecule has 3 rings (SSSR count). The number of aliphatic hydroxyl groups excluding tert-OH is 1. The minimum Gasteiger partial charge on any atom is -0.477 e. The molecule has 2 aliphatic rings. The van der Waals surface area contributed by atoms with Crippen LogP contribution in [0.4, 0.5) is 0 Å². The first-order valence-corrected chi connectivity index (χ1v) is 7.89. The predicted molar refractivity (Wildman–Crippen MR) is 82.7 cm³/mol. The number of β-lactam (4-membered cyclic amide) rings is 1. The highest BCUT2D eigenvalue weighted by Gasteiger charge is 2.57. The number of fused-ring (bicyclic) bond motifs is 1. The lowest BCUT2D eigenvalue weighted by Crippen LogP contribution is -2.60. The Labute approximate surface area is 136 Å². The van der Waals surface area contributed by atoms with E-state index in [1.807, 2.05) is 0 Å². The van der Waals surface area contributed by atoms with Crippen molar-refractivity contribution in [1.82, 2.24) is 19.9 Å². The molecular weight excluding hydrogens is 320 g/mol. The Balaban J connectivity index is 1.96. The molecule has 1 amide bonds. The standard InChI is InChI=1S/C14H16N4O4S/c1-6(4-8-5-17(3)16-15-8)11-10(14(21)22)18-12(20)9(7(2)19)13(18)23-11/h4-5,7,9,13,19H,1-3H3,(H,21,22)/t7-,9+,13-/m1/s1. The summed E-state index contributed by atoms with van der Waals surface area (Å²) in [6.07, 6.45) is 2.63. The van der Waals surface area contributed by atoms with Gasteiger partial charge in [-0.2, -0.15) is 0 Å². The fourth-order valence-corrected chi connectivity index (χ4v) is 4.37. The fourth-order valence-electron chi connectivity index (χ4n) is 2.78. The number of amides is 1. The van der Waals surface area contributed by atoms with Crippen molar-refractivity contribution in [3.63, 3.8) is 0 Å². The summed E-state index contributed by atoms with van der Waals surface area (Å²) < 4.78 is 1.55. The Morgan fingerprint density at radius 3 is 2.74 bits per heavy atom. The summed E-state index contributed by atoms with van der Waals surface area (Å²) in [5.74, 6) is -2.08. The van der Waals surface area contributed by atoms with Crippen molar-refractivity contribution in [1.29, 1.82) is 0 Å². The summed E-state index contributed by atoms with van der Waals surface area (Å²) in [5, 5.41) is 26.6. The number of aliphatic hydroxyl groups is 1. The summed E-state index contributed by atoms with van der Waals surface area (Å²) in [6, 6.07) is 0. The Morgan fingerprint density at radius 2 is 2.22 bits per heavy atom. The molecule has 0 spiro atoms. The molecule has 2 aliphatic heterocycles.